The summed E-state index contributed by atoms with van der Waals surface area (Å²) in [6.07, 6.45) is 5.27. The lowest BCUT2D eigenvalue weighted by molar-refractivity contribution is 0.229. The number of aryl methyl sites for hydroxylation is 1. The smallest absolute Gasteiger partial charge is 0.319 e. The predicted octanol–water partition coefficient (Wildman–Crippen LogP) is 7.03. The molecular weight excluding hydrogens is 420 g/mol. The van der Waals surface area contributed by atoms with Gasteiger partial charge in [-0.3, -0.25) is 9.97 Å². The Hall–Kier alpha value is -3.99. The third kappa shape index (κ3) is 5.31. The second-order valence-corrected chi connectivity index (χ2v) is 9.48. The highest BCUT2D eigenvalue weighted by atomic mass is 16.2. The zero-order chi connectivity index (χ0) is 24.1. The average molecular weight is 451 g/mol. The first-order chi connectivity index (χ1) is 16.3. The minimum Gasteiger partial charge on any atom is -0.330 e. The second kappa shape index (κ2) is 9.87. The fourth-order valence-electron chi connectivity index (χ4n) is 4.06. The number of carbonyl (C=O) groups is 1. The molecule has 0 aliphatic heterocycles. The molecule has 4 aromatic rings. The van der Waals surface area contributed by atoms with Gasteiger partial charge < -0.3 is 10.6 Å². The van der Waals surface area contributed by atoms with Crippen molar-refractivity contribution in [3.63, 3.8) is 0 Å². The quantitative estimate of drug-likeness (QED) is 0.343. The molecule has 34 heavy (non-hydrogen) atoms. The minimum absolute atomic E-state index is 0.200. The van der Waals surface area contributed by atoms with E-state index in [0.717, 1.165) is 33.5 Å². The van der Waals surface area contributed by atoms with E-state index in [9.17, 15) is 4.79 Å². The average Bonchev–Trinajstić information content (AvgIpc) is 2.84. The molecule has 0 radical (unpaired) electrons. The van der Waals surface area contributed by atoms with Gasteiger partial charge in [0.15, 0.2) is 0 Å². The number of benzene rings is 2. The molecule has 4 rings (SSSR count). The number of nitrogens with one attached hydrogen (secondary N) is 2. The van der Waals surface area contributed by atoms with Gasteiger partial charge in [-0.1, -0.05) is 81.4 Å². The summed E-state index contributed by atoms with van der Waals surface area (Å²) in [6, 6.07) is 23.6. The van der Waals surface area contributed by atoms with Crippen LogP contribution in [0.3, 0.4) is 0 Å². The molecule has 2 N–H and O–H groups in total. The van der Waals surface area contributed by atoms with Crippen molar-refractivity contribution in [1.29, 1.82) is 0 Å². The van der Waals surface area contributed by atoms with Crippen molar-refractivity contribution in [2.75, 3.05) is 5.32 Å². The van der Waals surface area contributed by atoms with Crippen LogP contribution in [-0.2, 0) is 0 Å². The number of amides is 2. The van der Waals surface area contributed by atoms with Gasteiger partial charge in [-0.2, -0.15) is 0 Å². The summed E-state index contributed by atoms with van der Waals surface area (Å²) < 4.78 is 0. The summed E-state index contributed by atoms with van der Waals surface area (Å²) in [5.41, 5.74) is 6.40. The van der Waals surface area contributed by atoms with E-state index in [4.69, 9.17) is 0 Å². The standard InChI is InChI=1S/C29H30N4O/c1-20-11-8-9-15-23(20)24-17-25(21-12-6-5-7-13-21)31-19-26(24)32-28(34)33-27(29(2,3)4)22-14-10-16-30-18-22/h5-19,27H,1-4H3,(H2,32,33,34). The number of nitrogens with zero attached hydrogens (tertiary/aromatic N) is 2. The zero-order valence-corrected chi connectivity index (χ0v) is 20.0. The molecule has 172 valence electrons. The fourth-order valence-corrected chi connectivity index (χ4v) is 4.06. The molecule has 2 amide bonds. The maximum absolute atomic E-state index is 13.2. The Morgan fingerprint density at radius 3 is 2.29 bits per heavy atom. The number of hydrogen-bond donors (Lipinski definition) is 2. The van der Waals surface area contributed by atoms with Crippen molar-refractivity contribution in [3.05, 3.63) is 103 Å². The van der Waals surface area contributed by atoms with Crippen LogP contribution in [0.1, 0.15) is 37.9 Å². The van der Waals surface area contributed by atoms with Gasteiger partial charge in [0.2, 0.25) is 0 Å². The van der Waals surface area contributed by atoms with Crippen LogP contribution in [0.2, 0.25) is 0 Å². The summed E-state index contributed by atoms with van der Waals surface area (Å²) in [6.45, 7) is 8.36. The molecule has 1 unspecified atom stereocenters. The highest BCUT2D eigenvalue weighted by Crippen LogP contribution is 2.35. The first-order valence-electron chi connectivity index (χ1n) is 11.4. The summed E-state index contributed by atoms with van der Waals surface area (Å²) in [4.78, 5) is 22.1. The van der Waals surface area contributed by atoms with Gasteiger partial charge in [0.1, 0.15) is 0 Å². The highest BCUT2D eigenvalue weighted by molar-refractivity contribution is 5.95. The molecule has 0 aliphatic rings. The molecule has 0 spiro atoms. The first-order valence-corrected chi connectivity index (χ1v) is 11.4. The van der Waals surface area contributed by atoms with Gasteiger partial charge in [-0.15, -0.1) is 0 Å². The van der Waals surface area contributed by atoms with Crippen LogP contribution in [0, 0.1) is 12.3 Å². The van der Waals surface area contributed by atoms with E-state index < -0.39 is 0 Å². The van der Waals surface area contributed by atoms with Crippen LogP contribution >= 0.6 is 0 Å². The Morgan fingerprint density at radius 1 is 0.882 bits per heavy atom. The Kier molecular flexibility index (Phi) is 6.73. The number of urea groups is 1. The lowest BCUT2D eigenvalue weighted by atomic mass is 9.83. The highest BCUT2D eigenvalue weighted by Gasteiger charge is 2.28. The number of hydrogen-bond acceptors (Lipinski definition) is 3. The molecule has 1 atom stereocenters. The number of pyridine rings is 2. The SMILES string of the molecule is Cc1ccccc1-c1cc(-c2ccccc2)ncc1NC(=O)NC(c1cccnc1)C(C)(C)C. The molecule has 0 saturated carbocycles. The van der Waals surface area contributed by atoms with Crippen molar-refractivity contribution >= 4 is 11.7 Å². The second-order valence-electron chi connectivity index (χ2n) is 9.48. The molecule has 5 nitrogen and oxygen atoms in total. The Balaban J connectivity index is 1.68. The maximum atomic E-state index is 13.2. The van der Waals surface area contributed by atoms with Crippen LogP contribution < -0.4 is 10.6 Å². The lowest BCUT2D eigenvalue weighted by Crippen LogP contribution is -2.39. The van der Waals surface area contributed by atoms with Crippen molar-refractivity contribution in [2.24, 2.45) is 5.41 Å². The van der Waals surface area contributed by atoms with Gasteiger partial charge >= 0.3 is 6.03 Å². The van der Waals surface area contributed by atoms with E-state index in [2.05, 4.69) is 60.4 Å². The molecule has 5 heteroatoms. The number of rotatable bonds is 5. The summed E-state index contributed by atoms with van der Waals surface area (Å²) >= 11 is 0. The minimum atomic E-state index is -0.284. The molecule has 0 fully saturated rings. The monoisotopic (exact) mass is 450 g/mol. The molecular formula is C29H30N4O. The maximum Gasteiger partial charge on any atom is 0.319 e. The number of carbonyl (C=O) groups excluding carboxylic acids is 1. The lowest BCUT2D eigenvalue weighted by Gasteiger charge is -2.31. The third-order valence-corrected chi connectivity index (χ3v) is 5.82. The Labute approximate surface area is 201 Å². The van der Waals surface area contributed by atoms with Crippen molar-refractivity contribution in [1.82, 2.24) is 15.3 Å². The predicted molar refractivity (Wildman–Crippen MR) is 138 cm³/mol. The van der Waals surface area contributed by atoms with Gasteiger partial charge in [0.05, 0.1) is 23.6 Å². The molecule has 0 aliphatic carbocycles. The van der Waals surface area contributed by atoms with E-state index >= 15 is 0 Å². The third-order valence-electron chi connectivity index (χ3n) is 5.82. The van der Waals surface area contributed by atoms with E-state index in [1.54, 1.807) is 18.6 Å². The van der Waals surface area contributed by atoms with E-state index in [0.29, 0.717) is 5.69 Å². The van der Waals surface area contributed by atoms with E-state index in [1.165, 1.54) is 0 Å². The summed E-state index contributed by atoms with van der Waals surface area (Å²) in [5.74, 6) is 0. The Morgan fingerprint density at radius 2 is 1.62 bits per heavy atom. The van der Waals surface area contributed by atoms with Gasteiger partial charge in [0, 0.05) is 23.5 Å². The fraction of sp³-hybridized carbons (Fsp3) is 0.207. The summed E-state index contributed by atoms with van der Waals surface area (Å²) in [7, 11) is 0. The van der Waals surface area contributed by atoms with Crippen LogP contribution in [0.5, 0.6) is 0 Å². The van der Waals surface area contributed by atoms with Crippen molar-refractivity contribution < 1.29 is 4.79 Å². The normalized spacial score (nSPS) is 12.1. The molecule has 2 aromatic carbocycles. The van der Waals surface area contributed by atoms with Gasteiger partial charge in [-0.25, -0.2) is 4.79 Å². The number of anilines is 1. The molecule has 0 saturated heterocycles. The van der Waals surface area contributed by atoms with Gasteiger partial charge in [-0.05, 0) is 41.2 Å². The topological polar surface area (TPSA) is 66.9 Å². The van der Waals surface area contributed by atoms with Crippen molar-refractivity contribution in [3.8, 4) is 22.4 Å². The largest absolute Gasteiger partial charge is 0.330 e. The van der Waals surface area contributed by atoms with Crippen LogP contribution in [0.25, 0.3) is 22.4 Å². The molecule has 0 bridgehead atoms. The van der Waals surface area contributed by atoms with Crippen LogP contribution in [-0.4, -0.2) is 16.0 Å². The Bertz CT molecular complexity index is 1260. The van der Waals surface area contributed by atoms with Crippen LogP contribution in [0.4, 0.5) is 10.5 Å². The first kappa shape index (κ1) is 23.2. The zero-order valence-electron chi connectivity index (χ0n) is 20.0. The molecule has 2 aromatic heterocycles. The van der Waals surface area contributed by atoms with Crippen LogP contribution in [0.15, 0.2) is 91.4 Å². The van der Waals surface area contributed by atoms with Crippen molar-refractivity contribution in [2.45, 2.75) is 33.7 Å². The van der Waals surface area contributed by atoms with Gasteiger partial charge in [0.25, 0.3) is 0 Å². The number of aromatic nitrogens is 2. The summed E-state index contributed by atoms with van der Waals surface area (Å²) in [5, 5.41) is 6.20. The van der Waals surface area contributed by atoms with E-state index in [1.807, 2.05) is 60.7 Å². The van der Waals surface area contributed by atoms with E-state index in [-0.39, 0.29) is 17.5 Å². The molecule has 2 heterocycles.